The second kappa shape index (κ2) is 5.96. The first-order valence-electron chi connectivity index (χ1n) is 9.06. The van der Waals surface area contributed by atoms with Crippen LogP contribution < -0.4 is 0 Å². The van der Waals surface area contributed by atoms with Crippen LogP contribution in [-0.4, -0.2) is 6.21 Å². The zero-order chi connectivity index (χ0) is 17.5. The topological polar surface area (TPSA) is 12.4 Å². The molecule has 26 heavy (non-hydrogen) atoms. The van der Waals surface area contributed by atoms with Gasteiger partial charge in [-0.3, -0.25) is 4.99 Å². The summed E-state index contributed by atoms with van der Waals surface area (Å²) in [6, 6.07) is 30.4. The smallest absolute Gasteiger partial charge is 0.0721 e. The quantitative estimate of drug-likeness (QED) is 0.255. The molecular weight excluding hydrogens is 314 g/mol. The lowest BCUT2D eigenvalue weighted by molar-refractivity contribution is 0.825. The number of hydrogen-bond donors (Lipinski definition) is 0. The Morgan fingerprint density at radius 2 is 1.31 bits per heavy atom. The van der Waals surface area contributed by atoms with Crippen LogP contribution in [0.1, 0.15) is 24.1 Å². The molecule has 1 nitrogen and oxygen atoms in total. The van der Waals surface area contributed by atoms with Crippen LogP contribution >= 0.6 is 0 Å². The van der Waals surface area contributed by atoms with Crippen molar-refractivity contribution in [1.82, 2.24) is 0 Å². The minimum atomic E-state index is 0.148. The van der Waals surface area contributed by atoms with Crippen LogP contribution in [0.5, 0.6) is 0 Å². The normalized spacial score (nSPS) is 13.3. The van der Waals surface area contributed by atoms with E-state index in [1.54, 1.807) is 0 Å². The Hall–Kier alpha value is -3.19. The Morgan fingerprint density at radius 3 is 2.08 bits per heavy atom. The maximum atomic E-state index is 4.82. The summed E-state index contributed by atoms with van der Waals surface area (Å²) in [5, 5.41) is 7.86. The summed E-state index contributed by atoms with van der Waals surface area (Å²) in [5.74, 6) is 0. The van der Waals surface area contributed by atoms with Crippen molar-refractivity contribution in [2.45, 2.75) is 13.0 Å². The molecule has 5 rings (SSSR count). The lowest BCUT2D eigenvalue weighted by Crippen LogP contribution is -1.92. The maximum Gasteiger partial charge on any atom is 0.0721 e. The van der Waals surface area contributed by atoms with Crippen LogP contribution in [0.4, 0.5) is 0 Å². The third kappa shape index (κ3) is 2.36. The third-order valence-corrected chi connectivity index (χ3v) is 5.28. The van der Waals surface area contributed by atoms with E-state index >= 15 is 0 Å². The maximum absolute atomic E-state index is 4.82. The lowest BCUT2D eigenvalue weighted by atomic mass is 9.92. The largest absolute Gasteiger partial charge is 0.285 e. The number of benzene rings is 5. The number of hydrogen-bond acceptors (Lipinski definition) is 1. The Morgan fingerprint density at radius 1 is 0.654 bits per heavy atom. The molecule has 5 aromatic carbocycles. The van der Waals surface area contributed by atoms with Gasteiger partial charge < -0.3 is 0 Å². The molecule has 0 saturated heterocycles. The van der Waals surface area contributed by atoms with Crippen molar-refractivity contribution in [3.63, 3.8) is 0 Å². The van der Waals surface area contributed by atoms with Crippen molar-refractivity contribution in [3.8, 4) is 0 Å². The van der Waals surface area contributed by atoms with Gasteiger partial charge in [0.25, 0.3) is 0 Å². The molecule has 0 radical (unpaired) electrons. The second-order valence-electron chi connectivity index (χ2n) is 6.88. The first-order valence-corrected chi connectivity index (χ1v) is 9.06. The van der Waals surface area contributed by atoms with E-state index in [4.69, 9.17) is 4.99 Å². The van der Waals surface area contributed by atoms with Gasteiger partial charge in [-0.1, -0.05) is 84.9 Å². The summed E-state index contributed by atoms with van der Waals surface area (Å²) >= 11 is 0. The molecule has 0 amide bonds. The van der Waals surface area contributed by atoms with Crippen LogP contribution in [0.15, 0.2) is 89.9 Å². The highest BCUT2D eigenvalue weighted by molar-refractivity contribution is 6.25. The molecule has 0 fully saturated rings. The van der Waals surface area contributed by atoms with Crippen LogP contribution in [0.2, 0.25) is 0 Å². The molecule has 1 atom stereocenters. The molecule has 124 valence electrons. The molecule has 0 N–H and O–H groups in total. The van der Waals surface area contributed by atoms with Crippen LogP contribution in [0, 0.1) is 0 Å². The fourth-order valence-corrected chi connectivity index (χ4v) is 3.88. The summed E-state index contributed by atoms with van der Waals surface area (Å²) in [5.41, 5.74) is 2.42. The summed E-state index contributed by atoms with van der Waals surface area (Å²) in [7, 11) is 0. The summed E-state index contributed by atoms with van der Waals surface area (Å²) < 4.78 is 0. The highest BCUT2D eigenvalue weighted by Crippen LogP contribution is 2.35. The van der Waals surface area contributed by atoms with E-state index in [2.05, 4.69) is 85.8 Å². The van der Waals surface area contributed by atoms with Crippen LogP contribution in [0.3, 0.4) is 0 Å². The monoisotopic (exact) mass is 333 g/mol. The zero-order valence-corrected chi connectivity index (χ0v) is 14.7. The molecule has 0 aromatic heterocycles. The molecule has 0 heterocycles. The van der Waals surface area contributed by atoms with Crippen molar-refractivity contribution < 1.29 is 0 Å². The van der Waals surface area contributed by atoms with Gasteiger partial charge in [0.05, 0.1) is 6.04 Å². The summed E-state index contributed by atoms with van der Waals surface area (Å²) in [6.45, 7) is 2.14. The first kappa shape index (κ1) is 15.1. The Bertz CT molecular complexity index is 1220. The van der Waals surface area contributed by atoms with Gasteiger partial charge >= 0.3 is 0 Å². The number of nitrogens with zero attached hydrogens (tertiary/aromatic N) is 1. The van der Waals surface area contributed by atoms with Crippen molar-refractivity contribution >= 4 is 38.5 Å². The van der Waals surface area contributed by atoms with Gasteiger partial charge in [-0.25, -0.2) is 0 Å². The molecule has 0 spiro atoms. The van der Waals surface area contributed by atoms with Gasteiger partial charge in [0.2, 0.25) is 0 Å². The van der Waals surface area contributed by atoms with Gasteiger partial charge in [0, 0.05) is 11.8 Å². The minimum Gasteiger partial charge on any atom is -0.285 e. The minimum absolute atomic E-state index is 0.148. The van der Waals surface area contributed by atoms with E-state index in [9.17, 15) is 0 Å². The molecule has 0 aliphatic rings. The summed E-state index contributed by atoms with van der Waals surface area (Å²) in [4.78, 5) is 4.82. The molecule has 1 heteroatoms. The SMILES string of the molecule is CC(N=Cc1ccc2ccc3cccc4ccc1c2c34)c1ccccc1. The Balaban J connectivity index is 1.68. The van der Waals surface area contributed by atoms with Crippen LogP contribution in [-0.2, 0) is 0 Å². The Labute approximate surface area is 153 Å². The fourth-order valence-electron chi connectivity index (χ4n) is 3.88. The van der Waals surface area contributed by atoms with E-state index in [0.29, 0.717) is 0 Å². The predicted octanol–water partition coefficient (Wildman–Crippen LogP) is 6.76. The number of aliphatic imine (C=N–C) groups is 1. The van der Waals surface area contributed by atoms with E-state index in [1.807, 2.05) is 12.3 Å². The molecule has 0 aliphatic heterocycles. The van der Waals surface area contributed by atoms with E-state index < -0.39 is 0 Å². The molecule has 5 aromatic rings. The van der Waals surface area contributed by atoms with Gasteiger partial charge in [-0.2, -0.15) is 0 Å². The van der Waals surface area contributed by atoms with E-state index in [1.165, 1.54) is 43.4 Å². The van der Waals surface area contributed by atoms with Crippen LogP contribution in [0.25, 0.3) is 32.3 Å². The fraction of sp³-hybridized carbons (Fsp3) is 0.0800. The second-order valence-corrected chi connectivity index (χ2v) is 6.88. The first-order chi connectivity index (χ1) is 12.8. The average Bonchev–Trinajstić information content (AvgIpc) is 2.71. The van der Waals surface area contributed by atoms with Gasteiger partial charge in [0.1, 0.15) is 0 Å². The molecular formula is C25H19N. The van der Waals surface area contributed by atoms with Crippen molar-refractivity contribution in [3.05, 3.63) is 96.1 Å². The van der Waals surface area contributed by atoms with Gasteiger partial charge in [-0.15, -0.1) is 0 Å². The highest BCUT2D eigenvalue weighted by atomic mass is 14.8. The Kier molecular flexibility index (Phi) is 3.46. The third-order valence-electron chi connectivity index (χ3n) is 5.28. The summed E-state index contributed by atoms with van der Waals surface area (Å²) in [6.07, 6.45) is 2.03. The molecule has 0 bridgehead atoms. The van der Waals surface area contributed by atoms with E-state index in [-0.39, 0.29) is 6.04 Å². The predicted molar refractivity (Wildman–Crippen MR) is 113 cm³/mol. The van der Waals surface area contributed by atoms with Crippen molar-refractivity contribution in [2.75, 3.05) is 0 Å². The van der Waals surface area contributed by atoms with Crippen molar-refractivity contribution in [2.24, 2.45) is 4.99 Å². The number of rotatable bonds is 3. The lowest BCUT2D eigenvalue weighted by Gasteiger charge is -2.12. The van der Waals surface area contributed by atoms with Gasteiger partial charge in [0.15, 0.2) is 0 Å². The standard InChI is InChI=1S/C25H19N/c1-17(18-6-3-2-4-7-18)26-16-22-13-12-21-11-10-19-8-5-9-20-14-15-23(22)25(21)24(19)20/h2-17H,1H3. The molecule has 0 saturated carbocycles. The molecule has 1 unspecified atom stereocenters. The van der Waals surface area contributed by atoms with E-state index in [0.717, 1.165) is 0 Å². The van der Waals surface area contributed by atoms with Gasteiger partial charge in [-0.05, 0) is 44.8 Å². The van der Waals surface area contributed by atoms with Crippen molar-refractivity contribution in [1.29, 1.82) is 0 Å². The highest BCUT2D eigenvalue weighted by Gasteiger charge is 2.10. The zero-order valence-electron chi connectivity index (χ0n) is 14.7. The molecule has 0 aliphatic carbocycles. The average molecular weight is 333 g/mol.